The molecule has 0 aromatic heterocycles. The normalized spacial score (nSPS) is 12.6. The SMILES string of the molecule is Cc1cc(C)c(C)c(C(N)c2c(F)cccc2Br)c1C. The number of aryl methyl sites for hydroxylation is 2. The van der Waals surface area contributed by atoms with Crippen molar-refractivity contribution in [3.63, 3.8) is 0 Å². The third kappa shape index (κ3) is 2.52. The van der Waals surface area contributed by atoms with E-state index in [-0.39, 0.29) is 5.82 Å². The first kappa shape index (κ1) is 15.2. The molecule has 3 heteroatoms. The van der Waals surface area contributed by atoms with Crippen molar-refractivity contribution in [2.24, 2.45) is 5.73 Å². The van der Waals surface area contributed by atoms with Crippen LogP contribution in [0.3, 0.4) is 0 Å². The highest BCUT2D eigenvalue weighted by molar-refractivity contribution is 9.10. The standard InChI is InChI=1S/C17H19BrFN/c1-9-8-10(2)12(4)15(11(9)3)17(20)16-13(18)6-5-7-14(16)19/h5-8,17H,20H2,1-4H3. The number of hydrogen-bond acceptors (Lipinski definition) is 1. The van der Waals surface area contributed by atoms with Crippen molar-refractivity contribution in [3.05, 3.63) is 67.9 Å². The Morgan fingerprint density at radius 3 is 2.05 bits per heavy atom. The summed E-state index contributed by atoms with van der Waals surface area (Å²) in [5.41, 5.74) is 12.6. The topological polar surface area (TPSA) is 26.0 Å². The molecule has 0 saturated heterocycles. The monoisotopic (exact) mass is 335 g/mol. The average Bonchev–Trinajstić information content (AvgIpc) is 2.36. The minimum absolute atomic E-state index is 0.273. The zero-order valence-electron chi connectivity index (χ0n) is 12.2. The van der Waals surface area contributed by atoms with Crippen LogP contribution in [0.1, 0.15) is 39.4 Å². The van der Waals surface area contributed by atoms with Gasteiger partial charge in [0.25, 0.3) is 0 Å². The third-order valence-corrected chi connectivity index (χ3v) is 4.74. The van der Waals surface area contributed by atoms with E-state index in [1.54, 1.807) is 6.07 Å². The summed E-state index contributed by atoms with van der Waals surface area (Å²) in [5.74, 6) is -0.273. The molecule has 2 rings (SSSR count). The number of halogens is 2. The second kappa shape index (κ2) is 5.66. The molecule has 0 amide bonds. The molecule has 0 spiro atoms. The predicted molar refractivity (Wildman–Crippen MR) is 85.5 cm³/mol. The van der Waals surface area contributed by atoms with Gasteiger partial charge in [0.2, 0.25) is 0 Å². The summed E-state index contributed by atoms with van der Waals surface area (Å²) in [6.45, 7) is 8.22. The minimum atomic E-state index is -0.468. The van der Waals surface area contributed by atoms with E-state index in [2.05, 4.69) is 35.8 Å². The Morgan fingerprint density at radius 1 is 1.00 bits per heavy atom. The quantitative estimate of drug-likeness (QED) is 0.832. The summed E-state index contributed by atoms with van der Waals surface area (Å²) in [7, 11) is 0. The Hall–Kier alpha value is -1.19. The van der Waals surface area contributed by atoms with Gasteiger partial charge in [-0.1, -0.05) is 28.1 Å². The van der Waals surface area contributed by atoms with Crippen molar-refractivity contribution in [1.29, 1.82) is 0 Å². The lowest BCUT2D eigenvalue weighted by Gasteiger charge is -2.22. The maximum Gasteiger partial charge on any atom is 0.129 e. The van der Waals surface area contributed by atoms with Crippen LogP contribution in [0.25, 0.3) is 0 Å². The highest BCUT2D eigenvalue weighted by Crippen LogP contribution is 2.34. The van der Waals surface area contributed by atoms with E-state index in [4.69, 9.17) is 5.73 Å². The van der Waals surface area contributed by atoms with Gasteiger partial charge in [-0.25, -0.2) is 4.39 Å². The highest BCUT2D eigenvalue weighted by atomic mass is 79.9. The fourth-order valence-electron chi connectivity index (χ4n) is 2.67. The molecule has 2 N–H and O–H groups in total. The van der Waals surface area contributed by atoms with E-state index < -0.39 is 6.04 Å². The molecule has 1 nitrogen and oxygen atoms in total. The third-order valence-electron chi connectivity index (χ3n) is 4.05. The molecule has 0 aliphatic rings. The molecule has 0 heterocycles. The minimum Gasteiger partial charge on any atom is -0.320 e. The molecule has 106 valence electrons. The van der Waals surface area contributed by atoms with Crippen LogP contribution < -0.4 is 5.73 Å². The molecule has 2 aromatic rings. The van der Waals surface area contributed by atoms with Gasteiger partial charge < -0.3 is 5.73 Å². The fraction of sp³-hybridized carbons (Fsp3) is 0.294. The van der Waals surface area contributed by atoms with Gasteiger partial charge in [-0.05, 0) is 67.6 Å². The summed E-state index contributed by atoms with van der Waals surface area (Å²) in [6.07, 6.45) is 0. The maximum absolute atomic E-state index is 14.1. The molecule has 0 aliphatic carbocycles. The molecule has 20 heavy (non-hydrogen) atoms. The van der Waals surface area contributed by atoms with Crippen molar-refractivity contribution >= 4 is 15.9 Å². The molecular weight excluding hydrogens is 317 g/mol. The first-order valence-corrected chi connectivity index (χ1v) is 7.40. The summed E-state index contributed by atoms with van der Waals surface area (Å²) >= 11 is 3.41. The van der Waals surface area contributed by atoms with Crippen molar-refractivity contribution < 1.29 is 4.39 Å². The number of hydrogen-bond donors (Lipinski definition) is 1. The lowest BCUT2D eigenvalue weighted by molar-refractivity contribution is 0.597. The molecular formula is C17H19BrFN. The van der Waals surface area contributed by atoms with E-state index >= 15 is 0 Å². The Kier molecular flexibility index (Phi) is 4.31. The molecule has 0 saturated carbocycles. The molecule has 0 bridgehead atoms. The Balaban J connectivity index is 2.69. The Bertz CT molecular complexity index is 618. The summed E-state index contributed by atoms with van der Waals surface area (Å²) < 4.78 is 14.9. The van der Waals surface area contributed by atoms with Gasteiger partial charge in [-0.2, -0.15) is 0 Å². The van der Waals surface area contributed by atoms with Crippen LogP contribution in [0.4, 0.5) is 4.39 Å². The second-order valence-corrected chi connectivity index (χ2v) is 6.14. The molecule has 2 aromatic carbocycles. The van der Waals surface area contributed by atoms with E-state index in [1.807, 2.05) is 19.9 Å². The van der Waals surface area contributed by atoms with Crippen molar-refractivity contribution in [3.8, 4) is 0 Å². The van der Waals surface area contributed by atoms with Crippen LogP contribution in [-0.2, 0) is 0 Å². The van der Waals surface area contributed by atoms with Crippen molar-refractivity contribution in [1.82, 2.24) is 0 Å². The molecule has 0 aliphatic heterocycles. The van der Waals surface area contributed by atoms with Crippen molar-refractivity contribution in [2.75, 3.05) is 0 Å². The highest BCUT2D eigenvalue weighted by Gasteiger charge is 2.21. The van der Waals surface area contributed by atoms with Gasteiger partial charge >= 0.3 is 0 Å². The van der Waals surface area contributed by atoms with Crippen LogP contribution in [0.15, 0.2) is 28.7 Å². The van der Waals surface area contributed by atoms with Gasteiger partial charge in [0, 0.05) is 10.0 Å². The van der Waals surface area contributed by atoms with Crippen LogP contribution in [-0.4, -0.2) is 0 Å². The first-order chi connectivity index (χ1) is 9.34. The zero-order chi connectivity index (χ0) is 15.0. The largest absolute Gasteiger partial charge is 0.320 e. The number of benzene rings is 2. The van der Waals surface area contributed by atoms with Crippen molar-refractivity contribution in [2.45, 2.75) is 33.7 Å². The van der Waals surface area contributed by atoms with E-state index in [0.29, 0.717) is 10.0 Å². The Labute approximate surface area is 128 Å². The van der Waals surface area contributed by atoms with Gasteiger partial charge in [0.05, 0.1) is 6.04 Å². The average molecular weight is 336 g/mol. The van der Waals surface area contributed by atoms with Gasteiger partial charge in [-0.15, -0.1) is 0 Å². The fourth-order valence-corrected chi connectivity index (χ4v) is 3.25. The van der Waals surface area contributed by atoms with Gasteiger partial charge in [-0.3, -0.25) is 0 Å². The van der Waals surface area contributed by atoms with E-state index in [1.165, 1.54) is 17.2 Å². The van der Waals surface area contributed by atoms with Gasteiger partial charge in [0.1, 0.15) is 5.82 Å². The molecule has 0 radical (unpaired) electrons. The lowest BCUT2D eigenvalue weighted by Crippen LogP contribution is -2.18. The second-order valence-electron chi connectivity index (χ2n) is 5.29. The molecule has 1 atom stereocenters. The smallest absolute Gasteiger partial charge is 0.129 e. The van der Waals surface area contributed by atoms with Crippen LogP contribution in [0.2, 0.25) is 0 Å². The Morgan fingerprint density at radius 2 is 1.55 bits per heavy atom. The van der Waals surface area contributed by atoms with E-state index in [9.17, 15) is 4.39 Å². The lowest BCUT2D eigenvalue weighted by atomic mass is 9.87. The summed E-state index contributed by atoms with van der Waals surface area (Å²) in [5, 5.41) is 0. The van der Waals surface area contributed by atoms with Gasteiger partial charge in [0.15, 0.2) is 0 Å². The number of nitrogens with two attached hydrogens (primary N) is 1. The van der Waals surface area contributed by atoms with Crippen LogP contribution in [0, 0.1) is 33.5 Å². The molecule has 1 unspecified atom stereocenters. The summed E-state index contributed by atoms with van der Waals surface area (Å²) in [6, 6.07) is 6.64. The predicted octanol–water partition coefficient (Wildman–Crippen LogP) is 4.87. The molecule has 0 fully saturated rings. The van der Waals surface area contributed by atoms with Crippen LogP contribution >= 0.6 is 15.9 Å². The van der Waals surface area contributed by atoms with Crippen LogP contribution in [0.5, 0.6) is 0 Å². The maximum atomic E-state index is 14.1. The number of rotatable bonds is 2. The first-order valence-electron chi connectivity index (χ1n) is 6.61. The van der Waals surface area contributed by atoms with E-state index in [0.717, 1.165) is 16.7 Å². The summed E-state index contributed by atoms with van der Waals surface area (Å²) in [4.78, 5) is 0. The zero-order valence-corrected chi connectivity index (χ0v) is 13.8.